The SMILES string of the molecule is CN=C(NCc1csc(-c2ccc(OC)cc2)n1)N1CCN(Cc2ccon2)CC1.I. The van der Waals surface area contributed by atoms with Gasteiger partial charge in [0.15, 0.2) is 5.96 Å². The Kier molecular flexibility index (Phi) is 8.67. The first kappa shape index (κ1) is 23.5. The van der Waals surface area contributed by atoms with Crippen LogP contribution in [0.5, 0.6) is 5.75 Å². The fourth-order valence-corrected chi connectivity index (χ4v) is 4.25. The number of aliphatic imine (C=N–C) groups is 1. The molecule has 0 aliphatic carbocycles. The van der Waals surface area contributed by atoms with Gasteiger partial charge in [0.25, 0.3) is 0 Å². The first-order valence-electron chi connectivity index (χ1n) is 9.91. The Hall–Kier alpha value is -2.18. The third-order valence-electron chi connectivity index (χ3n) is 5.08. The van der Waals surface area contributed by atoms with Gasteiger partial charge in [-0.15, -0.1) is 35.3 Å². The van der Waals surface area contributed by atoms with Crippen molar-refractivity contribution < 1.29 is 9.26 Å². The van der Waals surface area contributed by atoms with E-state index in [1.54, 1.807) is 24.7 Å². The number of nitrogens with one attached hydrogen (secondary N) is 1. The molecule has 166 valence electrons. The molecule has 1 fully saturated rings. The van der Waals surface area contributed by atoms with E-state index < -0.39 is 0 Å². The van der Waals surface area contributed by atoms with Crippen LogP contribution >= 0.6 is 35.3 Å². The molecule has 10 heteroatoms. The van der Waals surface area contributed by atoms with Gasteiger partial charge in [0.1, 0.15) is 17.0 Å². The maximum absolute atomic E-state index is 5.22. The Labute approximate surface area is 203 Å². The van der Waals surface area contributed by atoms with Gasteiger partial charge in [-0.3, -0.25) is 9.89 Å². The molecule has 8 nitrogen and oxygen atoms in total. The summed E-state index contributed by atoms with van der Waals surface area (Å²) in [7, 11) is 3.50. The molecule has 3 aromatic rings. The molecule has 0 bridgehead atoms. The zero-order valence-corrected chi connectivity index (χ0v) is 20.8. The van der Waals surface area contributed by atoms with Gasteiger partial charge in [-0.2, -0.15) is 0 Å². The van der Waals surface area contributed by atoms with Gasteiger partial charge < -0.3 is 19.5 Å². The number of hydrogen-bond acceptors (Lipinski definition) is 7. The average molecular weight is 554 g/mol. The van der Waals surface area contributed by atoms with Crippen LogP contribution in [-0.2, 0) is 13.1 Å². The largest absolute Gasteiger partial charge is 0.497 e. The van der Waals surface area contributed by atoms with Crippen molar-refractivity contribution in [3.05, 3.63) is 53.4 Å². The quantitative estimate of drug-likeness (QED) is 0.285. The van der Waals surface area contributed by atoms with Gasteiger partial charge in [-0.1, -0.05) is 5.16 Å². The van der Waals surface area contributed by atoms with Crippen LogP contribution < -0.4 is 10.1 Å². The molecule has 3 heterocycles. The molecule has 0 radical (unpaired) electrons. The van der Waals surface area contributed by atoms with Crippen molar-refractivity contribution in [1.29, 1.82) is 0 Å². The van der Waals surface area contributed by atoms with Crippen LogP contribution in [0.25, 0.3) is 10.6 Å². The first-order chi connectivity index (χ1) is 14.7. The van der Waals surface area contributed by atoms with Crippen molar-refractivity contribution in [2.24, 2.45) is 4.99 Å². The summed E-state index contributed by atoms with van der Waals surface area (Å²) in [6, 6.07) is 9.90. The number of rotatable bonds is 6. The lowest BCUT2D eigenvalue weighted by Crippen LogP contribution is -2.52. The van der Waals surface area contributed by atoms with Crippen LogP contribution in [0.4, 0.5) is 0 Å². The lowest BCUT2D eigenvalue weighted by molar-refractivity contribution is 0.169. The number of benzene rings is 1. The molecule has 31 heavy (non-hydrogen) atoms. The van der Waals surface area contributed by atoms with Gasteiger partial charge in [-0.25, -0.2) is 4.98 Å². The first-order valence-corrected chi connectivity index (χ1v) is 10.8. The molecule has 0 spiro atoms. The van der Waals surface area contributed by atoms with Gasteiger partial charge in [0.2, 0.25) is 0 Å². The van der Waals surface area contributed by atoms with Crippen LogP contribution in [-0.4, -0.2) is 66.2 Å². The molecule has 0 unspecified atom stereocenters. The minimum atomic E-state index is 0. The summed E-state index contributed by atoms with van der Waals surface area (Å²) in [6.45, 7) is 5.25. The zero-order chi connectivity index (χ0) is 20.8. The normalized spacial score (nSPS) is 14.9. The molecule has 1 aliphatic heterocycles. The maximum Gasteiger partial charge on any atom is 0.194 e. The Bertz CT molecular complexity index is 953. The van der Waals surface area contributed by atoms with E-state index in [1.807, 2.05) is 37.4 Å². The minimum Gasteiger partial charge on any atom is -0.497 e. The second-order valence-electron chi connectivity index (χ2n) is 7.03. The Morgan fingerprint density at radius 2 is 1.94 bits per heavy atom. The van der Waals surface area contributed by atoms with Gasteiger partial charge >= 0.3 is 0 Å². The number of methoxy groups -OCH3 is 1. The summed E-state index contributed by atoms with van der Waals surface area (Å²) < 4.78 is 10.1. The predicted octanol–water partition coefficient (Wildman–Crippen LogP) is 3.32. The number of nitrogens with zero attached hydrogens (tertiary/aromatic N) is 5. The smallest absolute Gasteiger partial charge is 0.194 e. The van der Waals surface area contributed by atoms with E-state index in [9.17, 15) is 0 Å². The van der Waals surface area contributed by atoms with Crippen LogP contribution in [0.2, 0.25) is 0 Å². The molecule has 1 aliphatic rings. The molecule has 1 aromatic carbocycles. The predicted molar refractivity (Wildman–Crippen MR) is 133 cm³/mol. The summed E-state index contributed by atoms with van der Waals surface area (Å²) in [5.41, 5.74) is 3.08. The van der Waals surface area contributed by atoms with Crippen molar-refractivity contribution in [2.75, 3.05) is 40.3 Å². The van der Waals surface area contributed by atoms with Gasteiger partial charge in [0.05, 0.1) is 25.0 Å². The van der Waals surface area contributed by atoms with Crippen molar-refractivity contribution in [3.63, 3.8) is 0 Å². The van der Waals surface area contributed by atoms with E-state index >= 15 is 0 Å². The van der Waals surface area contributed by atoms with Crippen LogP contribution in [0.3, 0.4) is 0 Å². The average Bonchev–Trinajstić information content (AvgIpc) is 3.48. The molecule has 0 amide bonds. The molecule has 1 N–H and O–H groups in total. The Balaban J connectivity index is 0.00000272. The molecular weight excluding hydrogens is 527 g/mol. The number of aromatic nitrogens is 2. The highest BCUT2D eigenvalue weighted by atomic mass is 127. The van der Waals surface area contributed by atoms with E-state index in [1.165, 1.54) is 0 Å². The zero-order valence-electron chi connectivity index (χ0n) is 17.7. The fraction of sp³-hybridized carbons (Fsp3) is 0.381. The van der Waals surface area contributed by atoms with Gasteiger partial charge in [0, 0.05) is 56.8 Å². The van der Waals surface area contributed by atoms with Crippen molar-refractivity contribution >= 4 is 41.3 Å². The fourth-order valence-electron chi connectivity index (χ4n) is 3.42. The Morgan fingerprint density at radius 1 is 1.16 bits per heavy atom. The number of ether oxygens (including phenoxy) is 1. The standard InChI is InChI=1S/C21H26N6O2S.HI/c1-22-21(27-10-8-26(9-11-27)14-17-7-12-29-25-17)23-13-18-15-30-20(24-18)16-3-5-19(28-2)6-4-16;/h3-7,12,15H,8-11,13-14H2,1-2H3,(H,22,23);1H. The van der Waals surface area contributed by atoms with Gasteiger partial charge in [-0.05, 0) is 24.3 Å². The lowest BCUT2D eigenvalue weighted by Gasteiger charge is -2.36. The molecule has 1 saturated heterocycles. The lowest BCUT2D eigenvalue weighted by atomic mass is 10.2. The Morgan fingerprint density at radius 3 is 2.58 bits per heavy atom. The van der Waals surface area contributed by atoms with Crippen LogP contribution in [0, 0.1) is 0 Å². The van der Waals surface area contributed by atoms with E-state index in [0.717, 1.165) is 66.4 Å². The topological polar surface area (TPSA) is 79.0 Å². The molecule has 2 aromatic heterocycles. The van der Waals surface area contributed by atoms with Crippen molar-refractivity contribution in [1.82, 2.24) is 25.3 Å². The number of piperazine rings is 1. The van der Waals surface area contributed by atoms with Crippen LogP contribution in [0.15, 0.2) is 51.5 Å². The molecule has 0 atom stereocenters. The summed E-state index contributed by atoms with van der Waals surface area (Å²) >= 11 is 1.65. The monoisotopic (exact) mass is 554 g/mol. The number of guanidine groups is 1. The van der Waals surface area contributed by atoms with Crippen molar-refractivity contribution in [3.8, 4) is 16.3 Å². The number of thiazole rings is 1. The summed E-state index contributed by atoms with van der Waals surface area (Å²) in [5.74, 6) is 1.76. The number of hydrogen-bond donors (Lipinski definition) is 1. The van der Waals surface area contributed by atoms with E-state index in [4.69, 9.17) is 14.2 Å². The summed E-state index contributed by atoms with van der Waals surface area (Å²) in [5, 5.41) is 10.5. The summed E-state index contributed by atoms with van der Waals surface area (Å²) in [6.07, 6.45) is 1.62. The van der Waals surface area contributed by atoms with E-state index in [2.05, 4.69) is 30.6 Å². The van der Waals surface area contributed by atoms with E-state index in [0.29, 0.717) is 6.54 Å². The van der Waals surface area contributed by atoms with Crippen LogP contribution in [0.1, 0.15) is 11.4 Å². The second-order valence-corrected chi connectivity index (χ2v) is 7.89. The third kappa shape index (κ3) is 6.17. The highest BCUT2D eigenvalue weighted by molar-refractivity contribution is 14.0. The van der Waals surface area contributed by atoms with E-state index in [-0.39, 0.29) is 24.0 Å². The summed E-state index contributed by atoms with van der Waals surface area (Å²) in [4.78, 5) is 13.9. The third-order valence-corrected chi connectivity index (χ3v) is 6.02. The molecule has 0 saturated carbocycles. The maximum atomic E-state index is 5.22. The highest BCUT2D eigenvalue weighted by Gasteiger charge is 2.20. The highest BCUT2D eigenvalue weighted by Crippen LogP contribution is 2.25. The molecular formula is C21H27IN6O2S. The number of halogens is 1. The van der Waals surface area contributed by atoms with Crippen molar-refractivity contribution in [2.45, 2.75) is 13.1 Å². The minimum absolute atomic E-state index is 0. The molecule has 4 rings (SSSR count). The second kappa shape index (κ2) is 11.4.